The molecule has 0 amide bonds. The summed E-state index contributed by atoms with van der Waals surface area (Å²) in [4.78, 5) is 3.96. The molecule has 0 aliphatic carbocycles. The lowest BCUT2D eigenvalue weighted by Gasteiger charge is -2.28. The molecule has 1 saturated heterocycles. The summed E-state index contributed by atoms with van der Waals surface area (Å²) in [5.74, 6) is 0.471. The Kier molecular flexibility index (Phi) is 5.49. The van der Waals surface area contributed by atoms with Crippen LogP contribution in [0, 0.1) is 5.92 Å². The molecule has 0 radical (unpaired) electrons. The molecule has 1 aliphatic rings. The largest absolute Gasteiger partial charge is 0.381 e. The summed E-state index contributed by atoms with van der Waals surface area (Å²) in [6, 6.07) is 1.91. The Labute approximate surface area is 107 Å². The van der Waals surface area contributed by atoms with Crippen LogP contribution in [0.4, 0.5) is 0 Å². The normalized spacial score (nSPS) is 18.9. The molecule has 5 heteroatoms. The number of nitrogens with two attached hydrogens (primary N) is 1. The van der Waals surface area contributed by atoms with Gasteiger partial charge < -0.3 is 10.5 Å². The van der Waals surface area contributed by atoms with Gasteiger partial charge in [0.25, 0.3) is 0 Å². The number of rotatable bonds is 2. The Morgan fingerprint density at radius 1 is 1.44 bits per heavy atom. The number of hydrogen-bond acceptors (Lipinski definition) is 3. The van der Waals surface area contributed by atoms with Gasteiger partial charge in [0.15, 0.2) is 0 Å². The van der Waals surface area contributed by atoms with E-state index in [1.807, 2.05) is 6.07 Å². The molecular formula is C11H16Cl2N2O. The van der Waals surface area contributed by atoms with Gasteiger partial charge in [-0.2, -0.15) is 0 Å². The van der Waals surface area contributed by atoms with Crippen LogP contribution in [-0.4, -0.2) is 18.2 Å². The smallest absolute Gasteiger partial charge is 0.0637 e. The monoisotopic (exact) mass is 262 g/mol. The molecule has 1 aromatic rings. The van der Waals surface area contributed by atoms with Crippen molar-refractivity contribution in [1.29, 1.82) is 0 Å². The standard InChI is InChI=1S/C11H15ClN2O.ClH/c12-10-7-14-4-1-9(10)11(13)8-2-5-15-6-3-8;/h1,4,7-8,11H,2-3,5-6,13H2;1H/t11-;/m1./s1. The summed E-state index contributed by atoms with van der Waals surface area (Å²) in [5.41, 5.74) is 7.20. The van der Waals surface area contributed by atoms with E-state index in [9.17, 15) is 0 Å². The highest BCUT2D eigenvalue weighted by atomic mass is 35.5. The second kappa shape index (κ2) is 6.40. The maximum absolute atomic E-state index is 6.20. The van der Waals surface area contributed by atoms with Gasteiger partial charge in [0.2, 0.25) is 0 Å². The summed E-state index contributed by atoms with van der Waals surface area (Å²) in [5, 5.41) is 0.663. The molecule has 0 saturated carbocycles. The second-order valence-electron chi connectivity index (χ2n) is 3.87. The average molecular weight is 263 g/mol. The third-order valence-electron chi connectivity index (χ3n) is 2.94. The predicted molar refractivity (Wildman–Crippen MR) is 67.0 cm³/mol. The fourth-order valence-corrected chi connectivity index (χ4v) is 2.23. The molecule has 2 N–H and O–H groups in total. The lowest BCUT2D eigenvalue weighted by Crippen LogP contribution is -2.27. The second-order valence-corrected chi connectivity index (χ2v) is 4.28. The van der Waals surface area contributed by atoms with Crippen LogP contribution in [0.2, 0.25) is 5.02 Å². The van der Waals surface area contributed by atoms with Gasteiger partial charge in [-0.15, -0.1) is 12.4 Å². The van der Waals surface area contributed by atoms with Crippen molar-refractivity contribution in [1.82, 2.24) is 4.98 Å². The van der Waals surface area contributed by atoms with E-state index < -0.39 is 0 Å². The van der Waals surface area contributed by atoms with E-state index in [0.717, 1.165) is 31.6 Å². The molecule has 1 fully saturated rings. The molecule has 0 unspecified atom stereocenters. The van der Waals surface area contributed by atoms with E-state index in [1.54, 1.807) is 12.4 Å². The molecular weight excluding hydrogens is 247 g/mol. The molecule has 0 spiro atoms. The van der Waals surface area contributed by atoms with Crippen LogP contribution in [0.25, 0.3) is 0 Å². The van der Waals surface area contributed by atoms with Crippen LogP contribution in [-0.2, 0) is 4.74 Å². The SMILES string of the molecule is Cl.N[C@@H](c1ccncc1Cl)C1CCOCC1. The maximum atomic E-state index is 6.20. The van der Waals surface area contributed by atoms with Crippen molar-refractivity contribution in [3.63, 3.8) is 0 Å². The van der Waals surface area contributed by atoms with E-state index in [2.05, 4.69) is 4.98 Å². The minimum absolute atomic E-state index is 0. The fourth-order valence-electron chi connectivity index (χ4n) is 1.99. The van der Waals surface area contributed by atoms with Gasteiger partial charge in [-0.05, 0) is 30.4 Å². The zero-order valence-corrected chi connectivity index (χ0v) is 10.5. The number of halogens is 2. The first-order valence-electron chi connectivity index (χ1n) is 5.22. The predicted octanol–water partition coefficient (Wildman–Crippen LogP) is 2.58. The van der Waals surface area contributed by atoms with E-state index in [1.165, 1.54) is 0 Å². The zero-order chi connectivity index (χ0) is 10.7. The molecule has 0 bridgehead atoms. The lowest BCUT2D eigenvalue weighted by molar-refractivity contribution is 0.0584. The van der Waals surface area contributed by atoms with Crippen molar-refractivity contribution >= 4 is 24.0 Å². The Balaban J connectivity index is 0.00000128. The van der Waals surface area contributed by atoms with Crippen molar-refractivity contribution in [3.8, 4) is 0 Å². The Bertz CT molecular complexity index is 330. The van der Waals surface area contributed by atoms with Crippen LogP contribution in [0.5, 0.6) is 0 Å². The Morgan fingerprint density at radius 2 is 2.12 bits per heavy atom. The van der Waals surface area contributed by atoms with Gasteiger partial charge in [0, 0.05) is 31.6 Å². The molecule has 0 aromatic carbocycles. The minimum atomic E-state index is 0. The highest BCUT2D eigenvalue weighted by Crippen LogP contribution is 2.31. The summed E-state index contributed by atoms with van der Waals surface area (Å²) in [6.07, 6.45) is 5.41. The number of nitrogens with zero attached hydrogens (tertiary/aromatic N) is 1. The maximum Gasteiger partial charge on any atom is 0.0637 e. The topological polar surface area (TPSA) is 48.1 Å². The molecule has 90 valence electrons. The third-order valence-corrected chi connectivity index (χ3v) is 3.25. The van der Waals surface area contributed by atoms with Crippen LogP contribution in [0.15, 0.2) is 18.5 Å². The highest BCUT2D eigenvalue weighted by Gasteiger charge is 2.23. The number of pyridine rings is 1. The van der Waals surface area contributed by atoms with Crippen molar-refractivity contribution < 1.29 is 4.74 Å². The lowest BCUT2D eigenvalue weighted by atomic mass is 9.88. The number of hydrogen-bond donors (Lipinski definition) is 1. The van der Waals surface area contributed by atoms with Crippen molar-refractivity contribution in [2.75, 3.05) is 13.2 Å². The van der Waals surface area contributed by atoms with E-state index in [-0.39, 0.29) is 18.4 Å². The van der Waals surface area contributed by atoms with Gasteiger partial charge in [-0.1, -0.05) is 11.6 Å². The molecule has 2 rings (SSSR count). The first-order valence-corrected chi connectivity index (χ1v) is 5.59. The van der Waals surface area contributed by atoms with Gasteiger partial charge in [0.1, 0.15) is 0 Å². The van der Waals surface area contributed by atoms with Crippen LogP contribution in [0.1, 0.15) is 24.4 Å². The Morgan fingerprint density at radius 3 is 2.75 bits per heavy atom. The van der Waals surface area contributed by atoms with Gasteiger partial charge in [0.05, 0.1) is 5.02 Å². The zero-order valence-electron chi connectivity index (χ0n) is 8.93. The Hall–Kier alpha value is -0.350. The molecule has 3 nitrogen and oxygen atoms in total. The third kappa shape index (κ3) is 3.08. The first kappa shape index (κ1) is 13.7. The van der Waals surface area contributed by atoms with E-state index in [4.69, 9.17) is 22.1 Å². The highest BCUT2D eigenvalue weighted by molar-refractivity contribution is 6.31. The quantitative estimate of drug-likeness (QED) is 0.892. The van der Waals surface area contributed by atoms with Crippen LogP contribution in [0.3, 0.4) is 0 Å². The van der Waals surface area contributed by atoms with E-state index in [0.29, 0.717) is 10.9 Å². The fraction of sp³-hybridized carbons (Fsp3) is 0.545. The average Bonchev–Trinajstić information content (AvgIpc) is 2.30. The van der Waals surface area contributed by atoms with Gasteiger partial charge >= 0.3 is 0 Å². The summed E-state index contributed by atoms with van der Waals surface area (Å²) >= 11 is 6.06. The van der Waals surface area contributed by atoms with E-state index >= 15 is 0 Å². The van der Waals surface area contributed by atoms with Gasteiger partial charge in [-0.25, -0.2) is 0 Å². The molecule has 2 heterocycles. The number of ether oxygens (including phenoxy) is 1. The summed E-state index contributed by atoms with van der Waals surface area (Å²) < 4.78 is 5.32. The van der Waals surface area contributed by atoms with Crippen molar-refractivity contribution in [2.24, 2.45) is 11.7 Å². The molecule has 1 aromatic heterocycles. The molecule has 1 aliphatic heterocycles. The summed E-state index contributed by atoms with van der Waals surface area (Å²) in [6.45, 7) is 1.61. The first-order chi connectivity index (χ1) is 7.29. The van der Waals surface area contributed by atoms with Crippen LogP contribution < -0.4 is 5.73 Å². The van der Waals surface area contributed by atoms with Gasteiger partial charge in [-0.3, -0.25) is 4.98 Å². The minimum Gasteiger partial charge on any atom is -0.381 e. The number of aromatic nitrogens is 1. The molecule has 16 heavy (non-hydrogen) atoms. The summed E-state index contributed by atoms with van der Waals surface area (Å²) in [7, 11) is 0. The van der Waals surface area contributed by atoms with Crippen LogP contribution >= 0.6 is 24.0 Å². The van der Waals surface area contributed by atoms with Crippen molar-refractivity contribution in [3.05, 3.63) is 29.0 Å². The van der Waals surface area contributed by atoms with Crippen molar-refractivity contribution in [2.45, 2.75) is 18.9 Å². The molecule has 1 atom stereocenters.